The molecule has 1 saturated carbocycles. The fourth-order valence-electron chi connectivity index (χ4n) is 2.33. The molecule has 0 spiro atoms. The van der Waals surface area contributed by atoms with Gasteiger partial charge in [-0.25, -0.2) is 0 Å². The summed E-state index contributed by atoms with van der Waals surface area (Å²) in [5, 5.41) is 22.6. The lowest BCUT2D eigenvalue weighted by molar-refractivity contribution is -0.140. The molecule has 1 heterocycles. The maximum Gasteiger partial charge on any atom is 0.252 e. The molecule has 3 N–H and O–H groups in total. The largest absolute Gasteiger partial charge is 0.386 e. The van der Waals surface area contributed by atoms with Crippen LogP contribution < -0.4 is 5.32 Å². The molecule has 0 aromatic heterocycles. The van der Waals surface area contributed by atoms with Gasteiger partial charge in [0.2, 0.25) is 0 Å². The first-order valence-corrected chi connectivity index (χ1v) is 5.85. The molecule has 1 aliphatic carbocycles. The van der Waals surface area contributed by atoms with Gasteiger partial charge in [-0.05, 0) is 25.7 Å². The Labute approximate surface area is 94.8 Å². The molecule has 1 saturated heterocycles. The van der Waals surface area contributed by atoms with Gasteiger partial charge in [0.25, 0.3) is 5.91 Å². The number of carbonyl (C=O) groups is 1. The average Bonchev–Trinajstić information content (AvgIpc) is 2.86. The van der Waals surface area contributed by atoms with Crippen LogP contribution in [-0.2, 0) is 9.53 Å². The number of hydrogen-bond donors (Lipinski definition) is 3. The van der Waals surface area contributed by atoms with Crippen molar-refractivity contribution in [3.63, 3.8) is 0 Å². The topological polar surface area (TPSA) is 78.8 Å². The van der Waals surface area contributed by atoms with Crippen LogP contribution in [0.15, 0.2) is 0 Å². The summed E-state index contributed by atoms with van der Waals surface area (Å²) in [7, 11) is 0. The molecule has 1 unspecified atom stereocenters. The van der Waals surface area contributed by atoms with Crippen LogP contribution in [0.4, 0.5) is 0 Å². The van der Waals surface area contributed by atoms with E-state index in [9.17, 15) is 15.0 Å². The average molecular weight is 229 g/mol. The molecule has 1 atom stereocenters. The van der Waals surface area contributed by atoms with Gasteiger partial charge < -0.3 is 20.3 Å². The summed E-state index contributed by atoms with van der Waals surface area (Å²) in [5.74, 6) is -0.356. The van der Waals surface area contributed by atoms with E-state index in [2.05, 4.69) is 5.32 Å². The number of ether oxygens (including phenoxy) is 1. The van der Waals surface area contributed by atoms with Crippen LogP contribution in [0.1, 0.15) is 32.1 Å². The molecule has 0 aromatic carbocycles. The molecule has 1 amide bonds. The Morgan fingerprint density at radius 1 is 1.25 bits per heavy atom. The minimum Gasteiger partial charge on any atom is -0.386 e. The zero-order valence-corrected chi connectivity index (χ0v) is 9.37. The van der Waals surface area contributed by atoms with Crippen molar-refractivity contribution in [2.45, 2.75) is 43.3 Å². The number of aliphatic hydroxyl groups is 2. The third kappa shape index (κ3) is 2.36. The van der Waals surface area contributed by atoms with Crippen LogP contribution in [0.3, 0.4) is 0 Å². The van der Waals surface area contributed by atoms with E-state index in [0.29, 0.717) is 25.9 Å². The highest BCUT2D eigenvalue weighted by molar-refractivity contribution is 5.85. The summed E-state index contributed by atoms with van der Waals surface area (Å²) in [6.45, 7) is 0.941. The lowest BCUT2D eigenvalue weighted by atomic mass is 9.99. The Hall–Kier alpha value is -0.650. The molecular weight excluding hydrogens is 210 g/mol. The smallest absolute Gasteiger partial charge is 0.252 e. The first kappa shape index (κ1) is 11.8. The lowest BCUT2D eigenvalue weighted by Gasteiger charge is -2.25. The monoisotopic (exact) mass is 229 g/mol. The van der Waals surface area contributed by atoms with Crippen LogP contribution in [-0.4, -0.2) is 47.1 Å². The van der Waals surface area contributed by atoms with E-state index in [1.165, 1.54) is 0 Å². The van der Waals surface area contributed by atoms with Crippen molar-refractivity contribution in [1.29, 1.82) is 0 Å². The Morgan fingerprint density at radius 3 is 2.50 bits per heavy atom. The normalized spacial score (nSPS) is 32.9. The Balaban J connectivity index is 1.83. The summed E-state index contributed by atoms with van der Waals surface area (Å²) in [5.41, 5.74) is -2.17. The van der Waals surface area contributed by atoms with Gasteiger partial charge in [0.15, 0.2) is 0 Å². The van der Waals surface area contributed by atoms with Crippen molar-refractivity contribution in [1.82, 2.24) is 5.32 Å². The standard InChI is InChI=1S/C11H19NO4/c13-9(11(15)3-1-2-4-11)12-7-10(14)5-6-16-8-10/h14-15H,1-8H2,(H,12,13). The van der Waals surface area contributed by atoms with Gasteiger partial charge >= 0.3 is 0 Å². The second kappa shape index (κ2) is 4.31. The molecule has 16 heavy (non-hydrogen) atoms. The van der Waals surface area contributed by atoms with Gasteiger partial charge in [-0.3, -0.25) is 4.79 Å². The molecule has 0 aromatic rings. The Kier molecular flexibility index (Phi) is 3.19. The molecule has 0 bridgehead atoms. The van der Waals surface area contributed by atoms with Crippen molar-refractivity contribution >= 4 is 5.91 Å². The van der Waals surface area contributed by atoms with Crippen LogP contribution >= 0.6 is 0 Å². The van der Waals surface area contributed by atoms with E-state index in [4.69, 9.17) is 4.74 Å². The third-order valence-electron chi connectivity index (χ3n) is 3.51. The number of amides is 1. The van der Waals surface area contributed by atoms with Gasteiger partial charge in [0.1, 0.15) is 11.2 Å². The van der Waals surface area contributed by atoms with Crippen molar-refractivity contribution in [2.75, 3.05) is 19.8 Å². The highest BCUT2D eigenvalue weighted by Crippen LogP contribution is 2.29. The van der Waals surface area contributed by atoms with Crippen LogP contribution in [0.25, 0.3) is 0 Å². The number of nitrogens with one attached hydrogen (secondary N) is 1. The lowest BCUT2D eigenvalue weighted by Crippen LogP contribution is -2.50. The first-order valence-electron chi connectivity index (χ1n) is 5.85. The maximum atomic E-state index is 11.8. The minimum absolute atomic E-state index is 0.161. The van der Waals surface area contributed by atoms with Crippen molar-refractivity contribution in [3.8, 4) is 0 Å². The van der Waals surface area contributed by atoms with E-state index < -0.39 is 11.2 Å². The predicted octanol–water partition coefficient (Wildman–Crippen LogP) is -0.441. The second-order valence-corrected chi connectivity index (χ2v) is 4.95. The molecule has 5 heteroatoms. The third-order valence-corrected chi connectivity index (χ3v) is 3.51. The predicted molar refractivity (Wildman–Crippen MR) is 56.8 cm³/mol. The summed E-state index contributed by atoms with van der Waals surface area (Å²) >= 11 is 0. The van der Waals surface area contributed by atoms with Crippen LogP contribution in [0.2, 0.25) is 0 Å². The van der Waals surface area contributed by atoms with Gasteiger partial charge in [-0.2, -0.15) is 0 Å². The van der Waals surface area contributed by atoms with E-state index >= 15 is 0 Å². The van der Waals surface area contributed by atoms with Gasteiger partial charge in [0.05, 0.1) is 6.61 Å². The van der Waals surface area contributed by atoms with Crippen molar-refractivity contribution < 1.29 is 19.7 Å². The molecule has 92 valence electrons. The zero-order valence-electron chi connectivity index (χ0n) is 9.37. The summed E-state index contributed by atoms with van der Waals surface area (Å²) in [4.78, 5) is 11.8. The number of carbonyl (C=O) groups excluding carboxylic acids is 1. The number of rotatable bonds is 3. The summed E-state index contributed by atoms with van der Waals surface area (Å²) < 4.78 is 5.08. The Bertz CT molecular complexity index is 267. The SMILES string of the molecule is O=C(NCC1(O)CCOC1)C1(O)CCCC1. The summed E-state index contributed by atoms with van der Waals surface area (Å²) in [6.07, 6.45) is 3.35. The van der Waals surface area contributed by atoms with Crippen LogP contribution in [0.5, 0.6) is 0 Å². The second-order valence-electron chi connectivity index (χ2n) is 4.95. The van der Waals surface area contributed by atoms with E-state index in [1.807, 2.05) is 0 Å². The summed E-state index contributed by atoms with van der Waals surface area (Å²) in [6, 6.07) is 0. The molecule has 1 aliphatic heterocycles. The van der Waals surface area contributed by atoms with Gasteiger partial charge in [0, 0.05) is 19.6 Å². The van der Waals surface area contributed by atoms with E-state index in [0.717, 1.165) is 12.8 Å². The van der Waals surface area contributed by atoms with E-state index in [1.54, 1.807) is 0 Å². The highest BCUT2D eigenvalue weighted by Gasteiger charge is 2.40. The fourth-order valence-corrected chi connectivity index (χ4v) is 2.33. The molecule has 5 nitrogen and oxygen atoms in total. The molecule has 2 fully saturated rings. The molecule has 2 aliphatic rings. The van der Waals surface area contributed by atoms with Crippen LogP contribution in [0, 0.1) is 0 Å². The quantitative estimate of drug-likeness (QED) is 0.613. The fraction of sp³-hybridized carbons (Fsp3) is 0.909. The molecule has 0 radical (unpaired) electrons. The first-order chi connectivity index (χ1) is 7.54. The van der Waals surface area contributed by atoms with Gasteiger partial charge in [-0.15, -0.1) is 0 Å². The number of hydrogen-bond acceptors (Lipinski definition) is 4. The molecular formula is C11H19NO4. The van der Waals surface area contributed by atoms with Gasteiger partial charge in [-0.1, -0.05) is 0 Å². The Morgan fingerprint density at radius 2 is 1.94 bits per heavy atom. The minimum atomic E-state index is -1.21. The molecule has 2 rings (SSSR count). The highest BCUT2D eigenvalue weighted by atomic mass is 16.5. The van der Waals surface area contributed by atoms with E-state index in [-0.39, 0.29) is 19.1 Å². The zero-order chi connectivity index (χ0) is 11.6. The van der Waals surface area contributed by atoms with Crippen molar-refractivity contribution in [2.24, 2.45) is 0 Å². The maximum absolute atomic E-state index is 11.8. The van der Waals surface area contributed by atoms with Crippen molar-refractivity contribution in [3.05, 3.63) is 0 Å².